The highest BCUT2D eigenvalue weighted by atomic mass is 16.3. The number of carbonyl (C=O) groups excluding carboxylic acids is 1. The number of rotatable bonds is 5. The molecule has 1 heterocycles. The number of allylic oxidation sites excluding steroid dienone is 1. The van der Waals surface area contributed by atoms with E-state index in [9.17, 15) is 15.0 Å². The first-order valence-corrected chi connectivity index (χ1v) is 13.9. The highest BCUT2D eigenvalue weighted by molar-refractivity contribution is 5.77. The minimum absolute atomic E-state index is 0.0760. The predicted molar refractivity (Wildman–Crippen MR) is 131 cm³/mol. The maximum atomic E-state index is 12.7. The summed E-state index contributed by atoms with van der Waals surface area (Å²) in [5.41, 5.74) is 2.23. The van der Waals surface area contributed by atoms with Gasteiger partial charge in [0.2, 0.25) is 5.91 Å². The molecule has 0 radical (unpaired) electrons. The van der Waals surface area contributed by atoms with Gasteiger partial charge >= 0.3 is 0 Å². The van der Waals surface area contributed by atoms with Crippen LogP contribution in [0, 0.1) is 45.8 Å². The number of amides is 1. The highest BCUT2D eigenvalue weighted by Gasteiger charge is 2.59. The van der Waals surface area contributed by atoms with Crippen LogP contribution in [0.1, 0.15) is 91.9 Å². The summed E-state index contributed by atoms with van der Waals surface area (Å²) in [6, 6.07) is 0. The van der Waals surface area contributed by atoms with E-state index in [2.05, 4.69) is 33.8 Å². The fraction of sp³-hybridized carbons (Fsp3) is 0.897. The molecule has 5 aliphatic rings. The van der Waals surface area contributed by atoms with E-state index in [1.54, 1.807) is 5.57 Å². The van der Waals surface area contributed by atoms with Crippen LogP contribution in [0.2, 0.25) is 0 Å². The third-order valence-corrected chi connectivity index (χ3v) is 11.5. The number of carbonyl (C=O) groups is 1. The van der Waals surface area contributed by atoms with Gasteiger partial charge in [0.25, 0.3) is 0 Å². The molecule has 1 saturated heterocycles. The molecule has 4 nitrogen and oxygen atoms in total. The molecule has 4 aliphatic carbocycles. The molecule has 1 unspecified atom stereocenters. The first-order chi connectivity index (χ1) is 15.6. The number of likely N-dealkylation sites (tertiary alicyclic amines) is 1. The Morgan fingerprint density at radius 3 is 2.61 bits per heavy atom. The maximum absolute atomic E-state index is 12.7. The quantitative estimate of drug-likeness (QED) is 0.559. The summed E-state index contributed by atoms with van der Waals surface area (Å²) in [6.07, 6.45) is 13.7. The van der Waals surface area contributed by atoms with E-state index in [0.29, 0.717) is 36.3 Å². The normalized spacial score (nSPS) is 44.7. The van der Waals surface area contributed by atoms with E-state index in [4.69, 9.17) is 0 Å². The molecule has 4 fully saturated rings. The number of hydrogen-bond donors (Lipinski definition) is 2. The van der Waals surface area contributed by atoms with Crippen LogP contribution >= 0.6 is 0 Å². The zero-order chi connectivity index (χ0) is 23.6. The zero-order valence-electron chi connectivity index (χ0n) is 21.5. The minimum atomic E-state index is -0.122. The van der Waals surface area contributed by atoms with Crippen LogP contribution in [0.15, 0.2) is 11.6 Å². The van der Waals surface area contributed by atoms with Crippen LogP contribution in [0.25, 0.3) is 0 Å². The molecule has 5 rings (SSSR count). The Labute approximate surface area is 201 Å². The highest BCUT2D eigenvalue weighted by Crippen LogP contribution is 2.67. The fourth-order valence-electron chi connectivity index (χ4n) is 9.48. The first-order valence-electron chi connectivity index (χ1n) is 13.9. The summed E-state index contributed by atoms with van der Waals surface area (Å²) >= 11 is 0. The minimum Gasteiger partial charge on any atom is -0.396 e. The first kappa shape index (κ1) is 23.9. The van der Waals surface area contributed by atoms with E-state index in [-0.39, 0.29) is 24.0 Å². The van der Waals surface area contributed by atoms with Gasteiger partial charge < -0.3 is 15.1 Å². The number of aliphatic hydroxyl groups excluding tert-OH is 2. The zero-order valence-corrected chi connectivity index (χ0v) is 21.5. The standard InChI is InChI=1S/C29H47NO3/c1-19(5-10-26(33)30-16-27(2,17-30)18-31)23-8-9-24-22-7-6-20-15-21(32)11-13-28(20,3)25(22)12-14-29(23,24)4/h6,19,21-25,31-32H,5,7-18H2,1-4H3/t19?,21-,22-,23+,24-,25-,28-,29+/m0/s1. The van der Waals surface area contributed by atoms with Crippen molar-refractivity contribution in [1.82, 2.24) is 4.90 Å². The van der Waals surface area contributed by atoms with Gasteiger partial charge in [-0.25, -0.2) is 0 Å². The van der Waals surface area contributed by atoms with E-state index in [1.807, 2.05) is 4.90 Å². The van der Waals surface area contributed by atoms with Crippen LogP contribution in [-0.4, -0.2) is 46.8 Å². The summed E-state index contributed by atoms with van der Waals surface area (Å²) in [6.45, 7) is 11.2. The number of hydrogen-bond acceptors (Lipinski definition) is 3. The Hall–Kier alpha value is -0.870. The van der Waals surface area contributed by atoms with Crippen LogP contribution < -0.4 is 0 Å². The van der Waals surface area contributed by atoms with Crippen molar-refractivity contribution >= 4 is 5.91 Å². The molecule has 0 aromatic rings. The molecule has 0 aromatic heterocycles. The second kappa shape index (κ2) is 8.36. The summed E-state index contributed by atoms with van der Waals surface area (Å²) < 4.78 is 0. The monoisotopic (exact) mass is 457 g/mol. The molecule has 1 amide bonds. The molecular weight excluding hydrogens is 410 g/mol. The summed E-state index contributed by atoms with van der Waals surface area (Å²) in [4.78, 5) is 14.7. The third-order valence-electron chi connectivity index (χ3n) is 11.5. The van der Waals surface area contributed by atoms with E-state index >= 15 is 0 Å². The second-order valence-corrected chi connectivity index (χ2v) is 13.6. The average molecular weight is 458 g/mol. The number of nitrogens with zero attached hydrogens (tertiary/aromatic N) is 1. The van der Waals surface area contributed by atoms with Crippen molar-refractivity contribution in [3.05, 3.63) is 11.6 Å². The summed E-state index contributed by atoms with van der Waals surface area (Å²) in [7, 11) is 0. The molecule has 1 aliphatic heterocycles. The number of aliphatic hydroxyl groups is 2. The largest absolute Gasteiger partial charge is 0.396 e. The molecule has 0 spiro atoms. The molecule has 2 N–H and O–H groups in total. The van der Waals surface area contributed by atoms with Gasteiger partial charge in [-0.05, 0) is 98.2 Å². The number of fused-ring (bicyclic) bond motifs is 5. The average Bonchev–Trinajstić information content (AvgIpc) is 3.12. The van der Waals surface area contributed by atoms with Gasteiger partial charge in [0.1, 0.15) is 0 Å². The third kappa shape index (κ3) is 3.82. The van der Waals surface area contributed by atoms with Crippen LogP contribution in [-0.2, 0) is 4.79 Å². The van der Waals surface area contributed by atoms with Gasteiger partial charge in [0.15, 0.2) is 0 Å². The van der Waals surface area contributed by atoms with Gasteiger partial charge in [0.05, 0.1) is 12.7 Å². The van der Waals surface area contributed by atoms with Gasteiger partial charge in [-0.2, -0.15) is 0 Å². The van der Waals surface area contributed by atoms with Crippen molar-refractivity contribution in [1.29, 1.82) is 0 Å². The van der Waals surface area contributed by atoms with Gasteiger partial charge in [0, 0.05) is 24.9 Å². The Kier molecular flexibility index (Phi) is 6.04. The molecule has 4 heteroatoms. The topological polar surface area (TPSA) is 60.8 Å². The van der Waals surface area contributed by atoms with Crippen molar-refractivity contribution in [2.75, 3.05) is 19.7 Å². The fourth-order valence-corrected chi connectivity index (χ4v) is 9.48. The molecule has 33 heavy (non-hydrogen) atoms. The lowest BCUT2D eigenvalue weighted by atomic mass is 9.47. The Bertz CT molecular complexity index is 801. The smallest absolute Gasteiger partial charge is 0.222 e. The van der Waals surface area contributed by atoms with E-state index < -0.39 is 0 Å². The van der Waals surface area contributed by atoms with Crippen molar-refractivity contribution < 1.29 is 15.0 Å². The Morgan fingerprint density at radius 1 is 1.12 bits per heavy atom. The van der Waals surface area contributed by atoms with Gasteiger partial charge in [-0.15, -0.1) is 0 Å². The summed E-state index contributed by atoms with van der Waals surface area (Å²) in [5.74, 6) is 4.05. The van der Waals surface area contributed by atoms with Gasteiger partial charge in [-0.1, -0.05) is 39.3 Å². The summed E-state index contributed by atoms with van der Waals surface area (Å²) in [5, 5.41) is 19.7. The predicted octanol–water partition coefficient (Wildman–Crippen LogP) is 5.18. The Balaban J connectivity index is 1.22. The van der Waals surface area contributed by atoms with Gasteiger partial charge in [-0.3, -0.25) is 4.79 Å². The second-order valence-electron chi connectivity index (χ2n) is 13.6. The molecule has 0 aromatic carbocycles. The van der Waals surface area contributed by atoms with Crippen molar-refractivity contribution in [2.24, 2.45) is 45.8 Å². The molecule has 186 valence electrons. The van der Waals surface area contributed by atoms with Crippen LogP contribution in [0.4, 0.5) is 0 Å². The Morgan fingerprint density at radius 2 is 1.88 bits per heavy atom. The lowest BCUT2D eigenvalue weighted by molar-refractivity contribution is -0.145. The molecular formula is C29H47NO3. The van der Waals surface area contributed by atoms with Crippen molar-refractivity contribution in [2.45, 2.75) is 98.0 Å². The van der Waals surface area contributed by atoms with Crippen LogP contribution in [0.5, 0.6) is 0 Å². The SMILES string of the molecule is CC(CCC(=O)N1CC(C)(CO)C1)[C@H]1CC[C@H]2[C@@H]3CC=C4C[C@@H](O)CC[C@]4(C)[C@H]3CC[C@]12C. The van der Waals surface area contributed by atoms with Crippen molar-refractivity contribution in [3.63, 3.8) is 0 Å². The lowest BCUT2D eigenvalue weighted by Crippen LogP contribution is -2.58. The van der Waals surface area contributed by atoms with Crippen molar-refractivity contribution in [3.8, 4) is 0 Å². The maximum Gasteiger partial charge on any atom is 0.222 e. The molecule has 3 saturated carbocycles. The molecule has 0 bridgehead atoms. The molecule has 8 atom stereocenters. The van der Waals surface area contributed by atoms with Crippen LogP contribution in [0.3, 0.4) is 0 Å². The van der Waals surface area contributed by atoms with E-state index in [1.165, 1.54) is 38.5 Å². The van der Waals surface area contributed by atoms with E-state index in [0.717, 1.165) is 42.9 Å². The lowest BCUT2D eigenvalue weighted by Gasteiger charge is -2.58.